The number of halogens is 1. The van der Waals surface area contributed by atoms with E-state index in [1.807, 2.05) is 60.0 Å². The molecule has 6 aromatic rings. The van der Waals surface area contributed by atoms with Crippen molar-refractivity contribution < 1.29 is 28.5 Å². The molecule has 0 unspecified atom stereocenters. The molecule has 50 heavy (non-hydrogen) atoms. The number of carbonyl (C=O) groups is 2. The van der Waals surface area contributed by atoms with E-state index in [0.29, 0.717) is 40.7 Å². The highest BCUT2D eigenvalue weighted by molar-refractivity contribution is 7.17. The van der Waals surface area contributed by atoms with Gasteiger partial charge in [-0.1, -0.05) is 42.8 Å². The Morgan fingerprint density at radius 3 is 1.86 bits per heavy atom. The van der Waals surface area contributed by atoms with Crippen LogP contribution in [0.4, 0.5) is 0 Å². The average molecular weight is 706 g/mol. The summed E-state index contributed by atoms with van der Waals surface area (Å²) < 4.78 is 24.9. The first-order valence-corrected chi connectivity index (χ1v) is 17.3. The molecule has 9 heteroatoms. The Bertz CT molecular complexity index is 2040. The van der Waals surface area contributed by atoms with E-state index in [2.05, 4.69) is 4.90 Å². The van der Waals surface area contributed by atoms with Crippen LogP contribution in [0.1, 0.15) is 40.0 Å². The van der Waals surface area contributed by atoms with Gasteiger partial charge in [0.2, 0.25) is 0 Å². The molecule has 1 saturated heterocycles. The zero-order chi connectivity index (χ0) is 33.4. The largest absolute Gasteiger partial charge is 0.492 e. The van der Waals surface area contributed by atoms with Gasteiger partial charge in [0.15, 0.2) is 0 Å². The van der Waals surface area contributed by atoms with Crippen LogP contribution in [0.5, 0.6) is 28.7 Å². The smallest absolute Gasteiger partial charge is 0.343 e. The van der Waals surface area contributed by atoms with Gasteiger partial charge >= 0.3 is 11.9 Å². The summed E-state index contributed by atoms with van der Waals surface area (Å²) in [6, 6.07) is 36.4. The Kier molecular flexibility index (Phi) is 11.5. The van der Waals surface area contributed by atoms with Crippen LogP contribution in [0, 0.1) is 0 Å². The first kappa shape index (κ1) is 34.7. The number of rotatable bonds is 11. The van der Waals surface area contributed by atoms with Crippen molar-refractivity contribution in [3.63, 3.8) is 0 Å². The molecule has 0 spiro atoms. The van der Waals surface area contributed by atoms with Gasteiger partial charge < -0.3 is 18.9 Å². The zero-order valence-corrected chi connectivity index (χ0v) is 28.9. The number of hydrogen-bond acceptors (Lipinski definition) is 8. The predicted molar refractivity (Wildman–Crippen MR) is 200 cm³/mol. The van der Waals surface area contributed by atoms with Gasteiger partial charge in [-0.05, 0) is 110 Å². The van der Waals surface area contributed by atoms with Crippen molar-refractivity contribution in [2.45, 2.75) is 19.3 Å². The van der Waals surface area contributed by atoms with Gasteiger partial charge in [-0.15, -0.1) is 23.7 Å². The lowest BCUT2D eigenvalue weighted by Gasteiger charge is -2.26. The van der Waals surface area contributed by atoms with E-state index in [4.69, 9.17) is 18.9 Å². The highest BCUT2D eigenvalue weighted by Crippen LogP contribution is 2.43. The maximum Gasteiger partial charge on any atom is 0.343 e. The fourth-order valence-electron chi connectivity index (χ4n) is 5.84. The predicted octanol–water partition coefficient (Wildman–Crippen LogP) is 10.1. The van der Waals surface area contributed by atoms with Crippen LogP contribution >= 0.6 is 23.7 Å². The quantitative estimate of drug-likeness (QED) is 0.0981. The molecule has 5 aromatic carbocycles. The van der Waals surface area contributed by atoms with E-state index in [0.717, 1.165) is 46.6 Å². The lowest BCUT2D eigenvalue weighted by molar-refractivity contribution is 0.0725. The number of hydrogen-bond donors (Lipinski definition) is 0. The average Bonchev–Trinajstić information content (AvgIpc) is 3.56. The summed E-state index contributed by atoms with van der Waals surface area (Å²) in [5.74, 6) is 1.88. The SMILES string of the molecule is Cl.O=C(Oc1ccc(-c2csc3cc(OC(=O)c4ccccc4)ccc23)c(Oc2ccc(OCCN3CCCCC3)cc2)c1)c1ccccc1. The van der Waals surface area contributed by atoms with Crippen LogP contribution in [-0.4, -0.2) is 43.1 Å². The van der Waals surface area contributed by atoms with Crippen molar-refractivity contribution in [2.24, 2.45) is 0 Å². The van der Waals surface area contributed by atoms with Crippen LogP contribution in [0.25, 0.3) is 21.2 Å². The molecule has 0 atom stereocenters. The summed E-state index contributed by atoms with van der Waals surface area (Å²) in [6.07, 6.45) is 3.83. The number of piperidine rings is 1. The third-order valence-corrected chi connectivity index (χ3v) is 9.35. The number of ether oxygens (including phenoxy) is 4. The maximum atomic E-state index is 12.9. The number of likely N-dealkylation sites (tertiary alicyclic amines) is 1. The third-order valence-electron chi connectivity index (χ3n) is 8.41. The van der Waals surface area contributed by atoms with Crippen molar-refractivity contribution in [1.29, 1.82) is 0 Å². The number of fused-ring (bicyclic) bond motifs is 1. The van der Waals surface area contributed by atoms with E-state index in [1.54, 1.807) is 78.1 Å². The van der Waals surface area contributed by atoms with E-state index in [-0.39, 0.29) is 12.4 Å². The summed E-state index contributed by atoms with van der Waals surface area (Å²) in [5.41, 5.74) is 2.70. The highest BCUT2D eigenvalue weighted by Gasteiger charge is 2.18. The molecule has 2 heterocycles. The zero-order valence-electron chi connectivity index (χ0n) is 27.3. The number of carbonyl (C=O) groups excluding carboxylic acids is 2. The fraction of sp³-hybridized carbons (Fsp3) is 0.171. The van der Waals surface area contributed by atoms with Crippen molar-refractivity contribution in [2.75, 3.05) is 26.2 Å². The highest BCUT2D eigenvalue weighted by atomic mass is 35.5. The normalized spacial score (nSPS) is 12.9. The first-order chi connectivity index (χ1) is 24.1. The van der Waals surface area contributed by atoms with Crippen molar-refractivity contribution >= 4 is 45.8 Å². The minimum absolute atomic E-state index is 0. The van der Waals surface area contributed by atoms with Crippen molar-refractivity contribution in [1.82, 2.24) is 4.90 Å². The molecule has 0 aliphatic carbocycles. The molecule has 1 aliphatic rings. The topological polar surface area (TPSA) is 74.3 Å². The summed E-state index contributed by atoms with van der Waals surface area (Å²) in [5, 5.41) is 3.02. The van der Waals surface area contributed by atoms with Gasteiger partial charge in [0.25, 0.3) is 0 Å². The summed E-state index contributed by atoms with van der Waals surface area (Å²) in [7, 11) is 0. The van der Waals surface area contributed by atoms with Crippen LogP contribution in [0.15, 0.2) is 127 Å². The second kappa shape index (κ2) is 16.5. The second-order valence-electron chi connectivity index (χ2n) is 11.8. The van der Waals surface area contributed by atoms with Crippen LogP contribution in [-0.2, 0) is 0 Å². The molecule has 0 bridgehead atoms. The van der Waals surface area contributed by atoms with Crippen LogP contribution in [0.2, 0.25) is 0 Å². The van der Waals surface area contributed by atoms with Gasteiger partial charge in [0.1, 0.15) is 35.4 Å². The van der Waals surface area contributed by atoms with Crippen molar-refractivity contribution in [3.8, 4) is 39.9 Å². The van der Waals surface area contributed by atoms with E-state index >= 15 is 0 Å². The Balaban J connectivity index is 0.00000432. The lowest BCUT2D eigenvalue weighted by Crippen LogP contribution is -2.33. The number of thiophene rings is 1. The number of benzene rings is 5. The van der Waals surface area contributed by atoms with Crippen LogP contribution < -0.4 is 18.9 Å². The first-order valence-electron chi connectivity index (χ1n) is 16.4. The number of esters is 2. The summed E-state index contributed by atoms with van der Waals surface area (Å²) in [4.78, 5) is 28.0. The standard InChI is InChI=1S/C41H35NO6S.ClH/c43-40(29-10-4-1-5-11-29)47-33-18-20-35(37-28-49-39-27-34(19-21-36(37)39)48-41(44)30-12-6-2-7-13-30)38(26-33)46-32-16-14-31(15-17-32)45-25-24-42-22-8-3-9-23-42;/h1-2,4-7,10-21,26-28H,3,8-9,22-25H2;1H. The monoisotopic (exact) mass is 705 g/mol. The fourth-order valence-corrected chi connectivity index (χ4v) is 6.83. The van der Waals surface area contributed by atoms with Gasteiger partial charge in [-0.2, -0.15) is 0 Å². The Hall–Kier alpha value is -5.15. The maximum absolute atomic E-state index is 12.9. The molecule has 0 N–H and O–H groups in total. The second-order valence-corrected chi connectivity index (χ2v) is 12.7. The minimum atomic E-state index is -0.455. The lowest BCUT2D eigenvalue weighted by atomic mass is 10.0. The molecule has 7 nitrogen and oxygen atoms in total. The molecule has 0 amide bonds. The van der Waals surface area contributed by atoms with E-state index in [1.165, 1.54) is 19.3 Å². The summed E-state index contributed by atoms with van der Waals surface area (Å²) in [6.45, 7) is 3.83. The molecule has 1 aromatic heterocycles. The van der Waals surface area contributed by atoms with Crippen LogP contribution in [0.3, 0.4) is 0 Å². The molecule has 1 aliphatic heterocycles. The van der Waals surface area contributed by atoms with E-state index in [9.17, 15) is 9.59 Å². The molecular formula is C41H36ClNO6S. The number of nitrogens with zero attached hydrogens (tertiary/aromatic N) is 1. The van der Waals surface area contributed by atoms with Gasteiger partial charge in [0, 0.05) is 33.8 Å². The van der Waals surface area contributed by atoms with Gasteiger partial charge in [0.05, 0.1) is 11.1 Å². The van der Waals surface area contributed by atoms with E-state index < -0.39 is 11.9 Å². The minimum Gasteiger partial charge on any atom is -0.492 e. The molecule has 1 fully saturated rings. The molecule has 0 radical (unpaired) electrons. The Morgan fingerprint density at radius 1 is 0.620 bits per heavy atom. The Morgan fingerprint density at radius 2 is 1.20 bits per heavy atom. The molecule has 254 valence electrons. The summed E-state index contributed by atoms with van der Waals surface area (Å²) >= 11 is 1.54. The van der Waals surface area contributed by atoms with Crippen molar-refractivity contribution in [3.05, 3.63) is 138 Å². The third kappa shape index (κ3) is 8.52. The van der Waals surface area contributed by atoms with Gasteiger partial charge in [-0.3, -0.25) is 4.90 Å². The molecular weight excluding hydrogens is 670 g/mol. The molecule has 7 rings (SSSR count). The van der Waals surface area contributed by atoms with Gasteiger partial charge in [-0.25, -0.2) is 9.59 Å². The Labute approximate surface area is 301 Å². The molecule has 0 saturated carbocycles.